The highest BCUT2D eigenvalue weighted by Gasteiger charge is 2.48. The fourth-order valence-electron chi connectivity index (χ4n) is 3.86. The molecule has 2 bridgehead atoms. The topological polar surface area (TPSA) is 73.9 Å². The molecule has 0 saturated carbocycles. The van der Waals surface area contributed by atoms with Gasteiger partial charge in [0.25, 0.3) is 0 Å². The molecule has 1 aromatic carbocycles. The molecule has 134 valence electrons. The normalized spacial score (nSPS) is 28.5. The van der Waals surface area contributed by atoms with Crippen LogP contribution in [0.3, 0.4) is 0 Å². The molecule has 25 heavy (non-hydrogen) atoms. The van der Waals surface area contributed by atoms with Gasteiger partial charge in [0.15, 0.2) is 0 Å². The number of urea groups is 1. The highest BCUT2D eigenvalue weighted by atomic mass is 16.7. The van der Waals surface area contributed by atoms with Gasteiger partial charge in [0.1, 0.15) is 12.6 Å². The highest BCUT2D eigenvalue weighted by Crippen LogP contribution is 2.30. The molecule has 0 spiro atoms. The Morgan fingerprint density at radius 3 is 2.84 bits per heavy atom. The number of nitrogens with one attached hydrogen (secondary N) is 2. The van der Waals surface area contributed by atoms with Crippen molar-refractivity contribution in [3.8, 4) is 0 Å². The molecule has 1 aromatic rings. The van der Waals surface area contributed by atoms with Gasteiger partial charge in [-0.3, -0.25) is 9.63 Å². The Bertz CT molecular complexity index is 632. The van der Waals surface area contributed by atoms with Crippen LogP contribution in [0.25, 0.3) is 0 Å². The number of carbonyl (C=O) groups is 2. The summed E-state index contributed by atoms with van der Waals surface area (Å²) in [6.45, 7) is 2.67. The molecule has 3 heterocycles. The average molecular weight is 344 g/mol. The van der Waals surface area contributed by atoms with Gasteiger partial charge in [-0.05, 0) is 31.4 Å². The van der Waals surface area contributed by atoms with Gasteiger partial charge < -0.3 is 15.5 Å². The molecule has 0 aliphatic carbocycles. The van der Waals surface area contributed by atoms with E-state index in [0.29, 0.717) is 19.6 Å². The minimum absolute atomic E-state index is 0.0356. The van der Waals surface area contributed by atoms with Crippen molar-refractivity contribution in [1.29, 1.82) is 0 Å². The zero-order valence-electron chi connectivity index (χ0n) is 14.2. The summed E-state index contributed by atoms with van der Waals surface area (Å²) in [5.74, 6) is -0.0367. The Morgan fingerprint density at radius 1 is 1.24 bits per heavy atom. The SMILES string of the molecule is O=C(N[C@@H]1CCNC1)[C@@H]1CC[C@@H]2CN1C(=O)N2OCc1ccccc1. The van der Waals surface area contributed by atoms with Crippen LogP contribution < -0.4 is 10.6 Å². The van der Waals surface area contributed by atoms with Crippen LogP contribution in [0, 0.1) is 0 Å². The Kier molecular flexibility index (Phi) is 4.59. The maximum atomic E-state index is 12.7. The van der Waals surface area contributed by atoms with E-state index in [1.54, 1.807) is 4.90 Å². The van der Waals surface area contributed by atoms with E-state index < -0.39 is 0 Å². The number of piperidine rings is 1. The predicted octanol–water partition coefficient (Wildman–Crippen LogP) is 0.865. The quantitative estimate of drug-likeness (QED) is 0.831. The van der Waals surface area contributed by atoms with Gasteiger partial charge in [-0.2, -0.15) is 5.06 Å². The lowest BCUT2D eigenvalue weighted by Crippen LogP contribution is -2.52. The summed E-state index contributed by atoms with van der Waals surface area (Å²) in [5, 5.41) is 7.78. The average Bonchev–Trinajstić information content (AvgIpc) is 3.22. The first kappa shape index (κ1) is 16.4. The van der Waals surface area contributed by atoms with Crippen molar-refractivity contribution in [2.75, 3.05) is 19.6 Å². The summed E-state index contributed by atoms with van der Waals surface area (Å²) < 4.78 is 0. The lowest BCUT2D eigenvalue weighted by molar-refractivity contribution is -0.140. The molecule has 3 aliphatic heterocycles. The van der Waals surface area contributed by atoms with E-state index in [1.165, 1.54) is 5.06 Å². The molecule has 3 amide bonds. The van der Waals surface area contributed by atoms with Crippen LogP contribution in [0.5, 0.6) is 0 Å². The van der Waals surface area contributed by atoms with Crippen LogP contribution in [-0.2, 0) is 16.2 Å². The van der Waals surface area contributed by atoms with Gasteiger partial charge in [-0.25, -0.2) is 4.79 Å². The van der Waals surface area contributed by atoms with Crippen LogP contribution in [0.1, 0.15) is 24.8 Å². The Labute approximate surface area is 147 Å². The van der Waals surface area contributed by atoms with Crippen molar-refractivity contribution < 1.29 is 14.4 Å². The van der Waals surface area contributed by atoms with Crippen LogP contribution in [0.15, 0.2) is 30.3 Å². The number of nitrogens with zero attached hydrogens (tertiary/aromatic N) is 2. The Morgan fingerprint density at radius 2 is 2.08 bits per heavy atom. The largest absolute Gasteiger partial charge is 0.350 e. The zero-order valence-corrected chi connectivity index (χ0v) is 14.2. The van der Waals surface area contributed by atoms with Crippen molar-refractivity contribution in [3.05, 3.63) is 35.9 Å². The second-order valence-electron chi connectivity index (χ2n) is 6.97. The van der Waals surface area contributed by atoms with Crippen molar-refractivity contribution >= 4 is 11.9 Å². The zero-order chi connectivity index (χ0) is 17.2. The molecule has 3 fully saturated rings. The molecular weight excluding hydrogens is 320 g/mol. The van der Waals surface area contributed by atoms with E-state index in [0.717, 1.165) is 31.5 Å². The lowest BCUT2D eigenvalue weighted by atomic mass is 10.00. The van der Waals surface area contributed by atoms with Crippen molar-refractivity contribution in [2.24, 2.45) is 0 Å². The van der Waals surface area contributed by atoms with Gasteiger partial charge in [0.05, 0.1) is 6.04 Å². The van der Waals surface area contributed by atoms with E-state index in [1.807, 2.05) is 30.3 Å². The van der Waals surface area contributed by atoms with Crippen molar-refractivity contribution in [3.63, 3.8) is 0 Å². The number of hydroxylamine groups is 2. The first-order valence-corrected chi connectivity index (χ1v) is 9.00. The molecule has 0 unspecified atom stereocenters. The molecule has 3 atom stereocenters. The Balaban J connectivity index is 1.37. The molecule has 2 N–H and O–H groups in total. The smallest absolute Gasteiger partial charge is 0.345 e. The van der Waals surface area contributed by atoms with Crippen LogP contribution in [-0.4, -0.2) is 59.7 Å². The summed E-state index contributed by atoms with van der Waals surface area (Å²) >= 11 is 0. The second kappa shape index (κ2) is 7.01. The van der Waals surface area contributed by atoms with Gasteiger partial charge in [-0.15, -0.1) is 0 Å². The van der Waals surface area contributed by atoms with E-state index in [2.05, 4.69) is 10.6 Å². The van der Waals surface area contributed by atoms with Crippen molar-refractivity contribution in [1.82, 2.24) is 20.6 Å². The summed E-state index contributed by atoms with van der Waals surface area (Å²) in [6.07, 6.45) is 2.42. The van der Waals surface area contributed by atoms with Gasteiger partial charge >= 0.3 is 6.03 Å². The standard InChI is InChI=1S/C18H24N4O3/c23-17(20-14-8-9-19-10-14)16-7-6-15-11-21(16)18(24)22(15)25-12-13-4-2-1-3-5-13/h1-5,14-16,19H,6-12H2,(H,20,23)/t14-,15-,16+/m1/s1. The number of benzene rings is 1. The van der Waals surface area contributed by atoms with Crippen LogP contribution in [0.2, 0.25) is 0 Å². The maximum absolute atomic E-state index is 12.7. The minimum Gasteiger partial charge on any atom is -0.350 e. The molecule has 3 saturated heterocycles. The fraction of sp³-hybridized carbons (Fsp3) is 0.556. The first-order chi connectivity index (χ1) is 12.2. The van der Waals surface area contributed by atoms with Gasteiger partial charge in [-0.1, -0.05) is 30.3 Å². The number of carbonyl (C=O) groups excluding carboxylic acids is 2. The van der Waals surface area contributed by atoms with Crippen LogP contribution >= 0.6 is 0 Å². The van der Waals surface area contributed by atoms with Crippen molar-refractivity contribution in [2.45, 2.75) is 44.0 Å². The fourth-order valence-corrected chi connectivity index (χ4v) is 3.86. The molecule has 7 nitrogen and oxygen atoms in total. The Hall–Kier alpha value is -2.12. The molecule has 3 aliphatic rings. The number of amides is 3. The minimum atomic E-state index is -0.380. The molecule has 0 aromatic heterocycles. The van der Waals surface area contributed by atoms with Gasteiger partial charge in [0, 0.05) is 19.1 Å². The highest BCUT2D eigenvalue weighted by molar-refractivity contribution is 5.88. The third kappa shape index (κ3) is 3.34. The second-order valence-corrected chi connectivity index (χ2v) is 6.97. The predicted molar refractivity (Wildman–Crippen MR) is 91.4 cm³/mol. The van der Waals surface area contributed by atoms with E-state index >= 15 is 0 Å². The third-order valence-electron chi connectivity index (χ3n) is 5.25. The molecule has 4 rings (SSSR count). The third-order valence-corrected chi connectivity index (χ3v) is 5.25. The summed E-state index contributed by atoms with van der Waals surface area (Å²) in [5.41, 5.74) is 1.02. The van der Waals surface area contributed by atoms with E-state index in [-0.39, 0.29) is 30.1 Å². The monoisotopic (exact) mass is 344 g/mol. The molecule has 0 radical (unpaired) electrons. The van der Waals surface area contributed by atoms with E-state index in [9.17, 15) is 9.59 Å². The number of rotatable bonds is 5. The first-order valence-electron chi connectivity index (χ1n) is 9.00. The lowest BCUT2D eigenvalue weighted by Gasteiger charge is -2.30. The summed E-state index contributed by atoms with van der Waals surface area (Å²) in [7, 11) is 0. The van der Waals surface area contributed by atoms with Gasteiger partial charge in [0.2, 0.25) is 5.91 Å². The molecule has 7 heteroatoms. The van der Waals surface area contributed by atoms with Crippen LogP contribution in [0.4, 0.5) is 4.79 Å². The maximum Gasteiger partial charge on any atom is 0.345 e. The number of fused-ring (bicyclic) bond motifs is 2. The molecular formula is C18H24N4O3. The summed E-state index contributed by atoms with van der Waals surface area (Å²) in [4.78, 5) is 32.7. The number of hydrogen-bond donors (Lipinski definition) is 2. The van der Waals surface area contributed by atoms with E-state index in [4.69, 9.17) is 4.84 Å². The number of hydrogen-bond acceptors (Lipinski definition) is 4. The summed E-state index contributed by atoms with van der Waals surface area (Å²) in [6, 6.07) is 9.43.